The summed E-state index contributed by atoms with van der Waals surface area (Å²) in [5.74, 6) is 1.39. The van der Waals surface area contributed by atoms with Crippen LogP contribution in [0, 0.1) is 0 Å². The Labute approximate surface area is 181 Å². The Kier molecular flexibility index (Phi) is 6.08. The molecule has 0 unspecified atom stereocenters. The molecule has 31 heavy (non-hydrogen) atoms. The van der Waals surface area contributed by atoms with Crippen LogP contribution in [0.25, 0.3) is 11.4 Å². The minimum absolute atomic E-state index is 0.163. The van der Waals surface area contributed by atoms with Crippen molar-refractivity contribution in [2.24, 2.45) is 0 Å². The van der Waals surface area contributed by atoms with Crippen LogP contribution in [0.4, 0.5) is 16.3 Å². The number of hydrogen-bond donors (Lipinski definition) is 3. The standard InChI is InChI=1S/C22H29N5O4/c1-4-23-21(29)24-16-7-5-15(6-8-16)19-25-18-17(12-31-22(18,3)13-28)20(26-19)27-9-10-30-11-14(27)2/h5-8,14,28H,4,9-13H2,1-3H3,(H2,23,24,29)/t14-,22-/m0/s1. The van der Waals surface area contributed by atoms with Crippen molar-refractivity contribution in [2.75, 3.05) is 43.1 Å². The number of aromatic nitrogens is 2. The number of benzene rings is 1. The highest BCUT2D eigenvalue weighted by molar-refractivity contribution is 5.89. The van der Waals surface area contributed by atoms with E-state index in [-0.39, 0.29) is 18.7 Å². The Hall–Kier alpha value is -2.75. The lowest BCUT2D eigenvalue weighted by molar-refractivity contribution is -0.0624. The van der Waals surface area contributed by atoms with Gasteiger partial charge in [0.1, 0.15) is 11.4 Å². The fourth-order valence-corrected chi connectivity index (χ4v) is 3.91. The predicted molar refractivity (Wildman–Crippen MR) is 117 cm³/mol. The van der Waals surface area contributed by atoms with Gasteiger partial charge in [-0.1, -0.05) is 0 Å². The fourth-order valence-electron chi connectivity index (χ4n) is 3.91. The number of aliphatic hydroxyl groups is 1. The van der Waals surface area contributed by atoms with Crippen molar-refractivity contribution in [2.45, 2.75) is 39.0 Å². The zero-order valence-corrected chi connectivity index (χ0v) is 18.1. The van der Waals surface area contributed by atoms with E-state index in [0.29, 0.717) is 37.9 Å². The molecule has 0 saturated carbocycles. The Morgan fingerprint density at radius 2 is 2.10 bits per heavy atom. The Balaban J connectivity index is 1.72. The third-order valence-electron chi connectivity index (χ3n) is 5.70. The number of carbonyl (C=O) groups excluding carboxylic acids is 1. The van der Waals surface area contributed by atoms with Gasteiger partial charge in [0.15, 0.2) is 5.82 Å². The molecule has 2 aliphatic heterocycles. The molecule has 0 bridgehead atoms. The summed E-state index contributed by atoms with van der Waals surface area (Å²) in [6.07, 6.45) is 0. The maximum absolute atomic E-state index is 11.8. The van der Waals surface area contributed by atoms with Crippen molar-refractivity contribution in [3.05, 3.63) is 35.5 Å². The molecule has 2 atom stereocenters. The predicted octanol–water partition coefficient (Wildman–Crippen LogP) is 2.25. The first kappa shape index (κ1) is 21.5. The highest BCUT2D eigenvalue weighted by Gasteiger charge is 2.41. The minimum atomic E-state index is -0.864. The van der Waals surface area contributed by atoms with E-state index < -0.39 is 5.60 Å². The van der Waals surface area contributed by atoms with Crippen molar-refractivity contribution < 1.29 is 19.4 Å². The Bertz CT molecular complexity index is 952. The van der Waals surface area contributed by atoms with Crippen LogP contribution in [0.3, 0.4) is 0 Å². The zero-order valence-electron chi connectivity index (χ0n) is 18.1. The summed E-state index contributed by atoms with van der Waals surface area (Å²) in [6, 6.07) is 7.32. The molecule has 9 heteroatoms. The van der Waals surface area contributed by atoms with Gasteiger partial charge in [-0.25, -0.2) is 14.8 Å². The number of anilines is 2. The molecule has 1 saturated heterocycles. The lowest BCUT2D eigenvalue weighted by Gasteiger charge is -2.35. The summed E-state index contributed by atoms with van der Waals surface area (Å²) in [6.45, 7) is 8.58. The number of urea groups is 1. The van der Waals surface area contributed by atoms with Crippen LogP contribution in [-0.2, 0) is 21.7 Å². The van der Waals surface area contributed by atoms with Crippen LogP contribution in [0.2, 0.25) is 0 Å². The quantitative estimate of drug-likeness (QED) is 0.671. The molecule has 1 aromatic carbocycles. The maximum Gasteiger partial charge on any atom is 0.319 e. The topological polar surface area (TPSA) is 109 Å². The third-order valence-corrected chi connectivity index (χ3v) is 5.70. The third kappa shape index (κ3) is 4.21. The van der Waals surface area contributed by atoms with E-state index in [0.717, 1.165) is 29.2 Å². The van der Waals surface area contributed by atoms with Gasteiger partial charge in [-0.3, -0.25) is 0 Å². The van der Waals surface area contributed by atoms with Crippen LogP contribution in [0.1, 0.15) is 32.0 Å². The molecular formula is C22H29N5O4. The summed E-state index contributed by atoms with van der Waals surface area (Å²) in [5.41, 5.74) is 2.28. The number of carbonyl (C=O) groups is 1. The number of fused-ring (bicyclic) bond motifs is 1. The highest BCUT2D eigenvalue weighted by atomic mass is 16.5. The van der Waals surface area contributed by atoms with E-state index in [4.69, 9.17) is 19.4 Å². The van der Waals surface area contributed by atoms with Crippen LogP contribution >= 0.6 is 0 Å². The van der Waals surface area contributed by atoms with Crippen molar-refractivity contribution >= 4 is 17.5 Å². The lowest BCUT2D eigenvalue weighted by atomic mass is 10.0. The van der Waals surface area contributed by atoms with Crippen molar-refractivity contribution in [1.82, 2.24) is 15.3 Å². The van der Waals surface area contributed by atoms with Gasteiger partial charge in [-0.15, -0.1) is 0 Å². The van der Waals surface area contributed by atoms with Gasteiger partial charge in [0.25, 0.3) is 0 Å². The first-order valence-electron chi connectivity index (χ1n) is 10.6. The second-order valence-electron chi connectivity index (χ2n) is 8.05. The SMILES string of the molecule is CCNC(=O)Nc1ccc(-c2nc(N3CCOC[C@@H]3C)c3c(n2)[C@](C)(CO)OC3)cc1. The summed E-state index contributed by atoms with van der Waals surface area (Å²) in [4.78, 5) is 23.7. The molecule has 2 aromatic rings. The number of amides is 2. The number of nitrogens with zero attached hydrogens (tertiary/aromatic N) is 3. The van der Waals surface area contributed by atoms with E-state index in [1.165, 1.54) is 0 Å². The summed E-state index contributed by atoms with van der Waals surface area (Å²) in [5, 5.41) is 15.5. The molecule has 4 rings (SSSR count). The maximum atomic E-state index is 11.8. The molecule has 0 spiro atoms. The summed E-state index contributed by atoms with van der Waals surface area (Å²) in [7, 11) is 0. The van der Waals surface area contributed by atoms with Gasteiger partial charge in [0.05, 0.1) is 38.2 Å². The summed E-state index contributed by atoms with van der Waals surface area (Å²) >= 11 is 0. The average molecular weight is 428 g/mol. The average Bonchev–Trinajstić information content (AvgIpc) is 3.12. The smallest absolute Gasteiger partial charge is 0.319 e. The van der Waals surface area contributed by atoms with Gasteiger partial charge in [-0.2, -0.15) is 0 Å². The Morgan fingerprint density at radius 1 is 1.32 bits per heavy atom. The first-order valence-corrected chi connectivity index (χ1v) is 10.6. The largest absolute Gasteiger partial charge is 0.393 e. The highest BCUT2D eigenvalue weighted by Crippen LogP contribution is 2.40. The van der Waals surface area contributed by atoms with Gasteiger partial charge in [0, 0.05) is 29.9 Å². The number of morpholine rings is 1. The Morgan fingerprint density at radius 3 is 2.77 bits per heavy atom. The number of ether oxygens (including phenoxy) is 2. The molecule has 0 aliphatic carbocycles. The van der Waals surface area contributed by atoms with Gasteiger partial charge in [0.2, 0.25) is 0 Å². The molecule has 1 aromatic heterocycles. The molecule has 1 fully saturated rings. The van der Waals surface area contributed by atoms with Crippen LogP contribution in [0.5, 0.6) is 0 Å². The van der Waals surface area contributed by atoms with E-state index >= 15 is 0 Å². The normalized spacial score (nSPS) is 22.8. The monoisotopic (exact) mass is 427 g/mol. The van der Waals surface area contributed by atoms with Gasteiger partial charge >= 0.3 is 6.03 Å². The van der Waals surface area contributed by atoms with E-state index in [1.54, 1.807) is 0 Å². The molecular weight excluding hydrogens is 398 g/mol. The lowest BCUT2D eigenvalue weighted by Crippen LogP contribution is -2.44. The van der Waals surface area contributed by atoms with E-state index in [2.05, 4.69) is 22.5 Å². The van der Waals surface area contributed by atoms with Crippen molar-refractivity contribution in [3.8, 4) is 11.4 Å². The second-order valence-corrected chi connectivity index (χ2v) is 8.05. The molecule has 0 radical (unpaired) electrons. The number of nitrogens with one attached hydrogen (secondary N) is 2. The molecule has 2 aliphatic rings. The number of aliphatic hydroxyl groups excluding tert-OH is 1. The second kappa shape index (κ2) is 8.78. The zero-order chi connectivity index (χ0) is 22.0. The van der Waals surface area contributed by atoms with Crippen LogP contribution in [0.15, 0.2) is 24.3 Å². The summed E-state index contributed by atoms with van der Waals surface area (Å²) < 4.78 is 11.5. The van der Waals surface area contributed by atoms with Crippen molar-refractivity contribution in [3.63, 3.8) is 0 Å². The minimum Gasteiger partial charge on any atom is -0.393 e. The number of rotatable bonds is 5. The fraction of sp³-hybridized carbons (Fsp3) is 0.500. The first-order chi connectivity index (χ1) is 14.9. The molecule has 2 amide bonds. The van der Waals surface area contributed by atoms with Crippen LogP contribution < -0.4 is 15.5 Å². The molecule has 3 N–H and O–H groups in total. The molecule has 9 nitrogen and oxygen atoms in total. The molecule has 166 valence electrons. The molecule has 3 heterocycles. The van der Waals surface area contributed by atoms with Crippen molar-refractivity contribution in [1.29, 1.82) is 0 Å². The van der Waals surface area contributed by atoms with E-state index in [9.17, 15) is 9.90 Å². The number of hydrogen-bond acceptors (Lipinski definition) is 7. The van der Waals surface area contributed by atoms with E-state index in [1.807, 2.05) is 38.1 Å². The van der Waals surface area contributed by atoms with Crippen LogP contribution in [-0.4, -0.2) is 60.1 Å². The van der Waals surface area contributed by atoms with Gasteiger partial charge in [-0.05, 0) is 45.0 Å². The van der Waals surface area contributed by atoms with Gasteiger partial charge < -0.3 is 30.1 Å².